The van der Waals surface area contributed by atoms with Gasteiger partial charge in [-0.2, -0.15) is 4.31 Å². The highest BCUT2D eigenvalue weighted by molar-refractivity contribution is 7.89. The molecule has 0 N–H and O–H groups in total. The van der Waals surface area contributed by atoms with E-state index in [1.54, 1.807) is 18.1 Å². The maximum atomic E-state index is 13.4. The van der Waals surface area contributed by atoms with Crippen molar-refractivity contribution in [1.29, 1.82) is 0 Å². The molecule has 0 aliphatic rings. The number of pyridine rings is 1. The summed E-state index contributed by atoms with van der Waals surface area (Å²) in [7, 11) is -0.804. The molecule has 33 heavy (non-hydrogen) atoms. The zero-order valence-electron chi connectivity index (χ0n) is 19.1. The first-order chi connectivity index (χ1) is 15.8. The molecular formula is C25H29N3O4S. The molecular weight excluding hydrogens is 438 g/mol. The summed E-state index contributed by atoms with van der Waals surface area (Å²) in [5.74, 6) is 0.476. The molecule has 1 atom stereocenters. The van der Waals surface area contributed by atoms with E-state index in [9.17, 15) is 13.2 Å². The standard InChI is InChI=1S/C25H29N3O4S/c1-20(16-22-12-7-8-14-24(22)32-3)28(18-21-10-5-4-6-11-21)25(29)19-27(2)33(30,31)23-13-9-15-26-17-23/h4-15,17,20H,16,18-19H2,1-3H3/t20-/m1/s1. The van der Waals surface area contributed by atoms with E-state index in [0.717, 1.165) is 21.2 Å². The number of para-hydroxylation sites is 1. The van der Waals surface area contributed by atoms with Crippen LogP contribution < -0.4 is 4.74 Å². The highest BCUT2D eigenvalue weighted by Crippen LogP contribution is 2.22. The Labute approximate surface area is 195 Å². The fourth-order valence-electron chi connectivity index (χ4n) is 3.62. The molecule has 3 rings (SSSR count). The van der Waals surface area contributed by atoms with E-state index in [0.29, 0.717) is 13.0 Å². The number of rotatable bonds is 10. The van der Waals surface area contributed by atoms with Crippen molar-refractivity contribution in [3.63, 3.8) is 0 Å². The number of aromatic nitrogens is 1. The number of likely N-dealkylation sites (N-methyl/N-ethyl adjacent to an activating group) is 1. The minimum Gasteiger partial charge on any atom is -0.496 e. The zero-order chi connectivity index (χ0) is 23.8. The number of hydrogen-bond acceptors (Lipinski definition) is 5. The SMILES string of the molecule is COc1ccccc1C[C@@H](C)N(Cc1ccccc1)C(=O)CN(C)S(=O)(=O)c1cccnc1. The van der Waals surface area contributed by atoms with Gasteiger partial charge >= 0.3 is 0 Å². The number of hydrogen-bond donors (Lipinski definition) is 0. The van der Waals surface area contributed by atoms with Gasteiger partial charge in [0.15, 0.2) is 0 Å². The Morgan fingerprint density at radius 3 is 2.39 bits per heavy atom. The Morgan fingerprint density at radius 2 is 1.73 bits per heavy atom. The van der Waals surface area contributed by atoms with Crippen molar-refractivity contribution in [2.75, 3.05) is 20.7 Å². The van der Waals surface area contributed by atoms with Gasteiger partial charge in [-0.05, 0) is 42.7 Å². The highest BCUT2D eigenvalue weighted by Gasteiger charge is 2.28. The molecule has 1 aromatic heterocycles. The molecule has 3 aromatic rings. The summed E-state index contributed by atoms with van der Waals surface area (Å²) >= 11 is 0. The Balaban J connectivity index is 1.83. The maximum absolute atomic E-state index is 13.4. The second-order valence-electron chi connectivity index (χ2n) is 7.82. The van der Waals surface area contributed by atoms with Crippen LogP contribution in [0.4, 0.5) is 0 Å². The highest BCUT2D eigenvalue weighted by atomic mass is 32.2. The lowest BCUT2D eigenvalue weighted by atomic mass is 10.0. The minimum absolute atomic E-state index is 0.0528. The molecule has 0 bridgehead atoms. The third kappa shape index (κ3) is 6.18. The van der Waals surface area contributed by atoms with Crippen molar-refractivity contribution in [3.05, 3.63) is 90.3 Å². The van der Waals surface area contributed by atoms with Crippen molar-refractivity contribution < 1.29 is 17.9 Å². The molecule has 0 saturated carbocycles. The fraction of sp³-hybridized carbons (Fsp3) is 0.280. The smallest absolute Gasteiger partial charge is 0.244 e. The Morgan fingerprint density at radius 1 is 1.03 bits per heavy atom. The third-order valence-corrected chi connectivity index (χ3v) is 7.24. The molecule has 1 amide bonds. The number of benzene rings is 2. The van der Waals surface area contributed by atoms with Crippen LogP contribution in [-0.2, 0) is 27.8 Å². The molecule has 174 valence electrons. The molecule has 0 unspecified atom stereocenters. The van der Waals surface area contributed by atoms with Crippen LogP contribution in [-0.4, -0.2) is 55.3 Å². The van der Waals surface area contributed by atoms with Gasteiger partial charge in [-0.15, -0.1) is 0 Å². The number of carbonyl (C=O) groups excluding carboxylic acids is 1. The third-order valence-electron chi connectivity index (χ3n) is 5.46. The normalized spacial score (nSPS) is 12.4. The molecule has 0 fully saturated rings. The van der Waals surface area contributed by atoms with E-state index in [2.05, 4.69) is 4.98 Å². The number of sulfonamides is 1. The van der Waals surface area contributed by atoms with Gasteiger partial charge in [-0.25, -0.2) is 8.42 Å². The molecule has 0 aliphatic carbocycles. The molecule has 1 heterocycles. The van der Waals surface area contributed by atoms with Crippen LogP contribution in [0.2, 0.25) is 0 Å². The van der Waals surface area contributed by atoms with Crippen molar-refractivity contribution in [2.45, 2.75) is 30.8 Å². The summed E-state index contributed by atoms with van der Waals surface area (Å²) in [6.45, 7) is 2.06. The van der Waals surface area contributed by atoms with Crippen LogP contribution in [0.3, 0.4) is 0 Å². The Bertz CT molecular complexity index is 1150. The van der Waals surface area contributed by atoms with Gasteiger partial charge in [0.05, 0.1) is 13.7 Å². The first-order valence-electron chi connectivity index (χ1n) is 10.6. The molecule has 0 spiro atoms. The summed E-state index contributed by atoms with van der Waals surface area (Å²) in [5.41, 5.74) is 1.95. The van der Waals surface area contributed by atoms with Gasteiger partial charge in [-0.1, -0.05) is 48.5 Å². The van der Waals surface area contributed by atoms with Crippen LogP contribution in [0.1, 0.15) is 18.1 Å². The lowest BCUT2D eigenvalue weighted by molar-refractivity contribution is -0.133. The number of nitrogens with zero attached hydrogens (tertiary/aromatic N) is 3. The van der Waals surface area contributed by atoms with Gasteiger partial charge in [0.1, 0.15) is 10.6 Å². The predicted octanol–water partition coefficient (Wildman–Crippen LogP) is 3.37. The van der Waals surface area contributed by atoms with Gasteiger partial charge in [-0.3, -0.25) is 9.78 Å². The predicted molar refractivity (Wildman–Crippen MR) is 127 cm³/mol. The van der Waals surface area contributed by atoms with Gasteiger partial charge in [0, 0.05) is 32.0 Å². The first-order valence-corrected chi connectivity index (χ1v) is 12.1. The van der Waals surface area contributed by atoms with Gasteiger partial charge in [0.25, 0.3) is 0 Å². The average Bonchev–Trinajstić information content (AvgIpc) is 2.83. The lowest BCUT2D eigenvalue weighted by Gasteiger charge is -2.31. The molecule has 0 saturated heterocycles. The van der Waals surface area contributed by atoms with Gasteiger partial charge < -0.3 is 9.64 Å². The molecule has 2 aromatic carbocycles. The maximum Gasteiger partial charge on any atom is 0.244 e. The molecule has 0 radical (unpaired) electrons. The average molecular weight is 468 g/mol. The largest absolute Gasteiger partial charge is 0.496 e. The summed E-state index contributed by atoms with van der Waals surface area (Å²) < 4.78 is 32.3. The summed E-state index contributed by atoms with van der Waals surface area (Å²) in [5, 5.41) is 0. The van der Waals surface area contributed by atoms with Gasteiger partial charge in [0.2, 0.25) is 15.9 Å². The van der Waals surface area contributed by atoms with E-state index in [-0.39, 0.29) is 23.4 Å². The van der Waals surface area contributed by atoms with Crippen LogP contribution in [0.15, 0.2) is 84.0 Å². The van der Waals surface area contributed by atoms with Crippen molar-refractivity contribution in [3.8, 4) is 5.75 Å². The first kappa shape index (κ1) is 24.4. The van der Waals surface area contributed by atoms with Crippen LogP contribution in [0, 0.1) is 0 Å². The van der Waals surface area contributed by atoms with Crippen molar-refractivity contribution >= 4 is 15.9 Å². The Hall–Kier alpha value is -3.23. The van der Waals surface area contributed by atoms with Crippen molar-refractivity contribution in [1.82, 2.24) is 14.2 Å². The van der Waals surface area contributed by atoms with Crippen molar-refractivity contribution in [2.24, 2.45) is 0 Å². The van der Waals surface area contributed by atoms with E-state index in [1.807, 2.05) is 61.5 Å². The van der Waals surface area contributed by atoms with E-state index < -0.39 is 10.0 Å². The van der Waals surface area contributed by atoms with E-state index in [1.165, 1.54) is 25.5 Å². The molecule has 7 nitrogen and oxygen atoms in total. The van der Waals surface area contributed by atoms with E-state index in [4.69, 9.17) is 4.74 Å². The lowest BCUT2D eigenvalue weighted by Crippen LogP contribution is -2.45. The quantitative estimate of drug-likeness (QED) is 0.457. The fourth-order valence-corrected chi connectivity index (χ4v) is 4.70. The number of amides is 1. The molecule has 8 heteroatoms. The summed E-state index contributed by atoms with van der Waals surface area (Å²) in [6.07, 6.45) is 3.36. The number of ether oxygens (including phenoxy) is 1. The van der Waals surface area contributed by atoms with Crippen LogP contribution in [0.5, 0.6) is 5.75 Å². The second kappa shape index (κ2) is 11.1. The summed E-state index contributed by atoms with van der Waals surface area (Å²) in [6, 6.07) is 20.2. The second-order valence-corrected chi connectivity index (χ2v) is 9.87. The zero-order valence-corrected chi connectivity index (χ0v) is 19.9. The minimum atomic E-state index is -3.83. The Kier molecular flexibility index (Phi) is 8.19. The van der Waals surface area contributed by atoms with Crippen LogP contribution >= 0.6 is 0 Å². The molecule has 0 aliphatic heterocycles. The van der Waals surface area contributed by atoms with E-state index >= 15 is 0 Å². The monoisotopic (exact) mass is 467 g/mol. The number of methoxy groups -OCH3 is 1. The van der Waals surface area contributed by atoms with Crippen LogP contribution in [0.25, 0.3) is 0 Å². The summed E-state index contributed by atoms with van der Waals surface area (Å²) in [4.78, 5) is 19.0. The topological polar surface area (TPSA) is 79.8 Å². The number of carbonyl (C=O) groups is 1.